The van der Waals surface area contributed by atoms with Crippen molar-refractivity contribution in [1.82, 2.24) is 9.97 Å². The molecule has 0 aliphatic heterocycles. The van der Waals surface area contributed by atoms with Gasteiger partial charge >= 0.3 is 0 Å². The van der Waals surface area contributed by atoms with Crippen LogP contribution < -0.4 is 10.6 Å². The van der Waals surface area contributed by atoms with Crippen LogP contribution >= 0.6 is 15.9 Å². The maximum absolute atomic E-state index is 5.56. The van der Waals surface area contributed by atoms with E-state index in [-0.39, 0.29) is 0 Å². The third-order valence-corrected chi connectivity index (χ3v) is 2.95. The third-order valence-electron chi connectivity index (χ3n) is 2.39. The Morgan fingerprint density at radius 2 is 2.27 bits per heavy atom. The molecule has 15 heavy (non-hydrogen) atoms. The lowest BCUT2D eigenvalue weighted by Gasteiger charge is -2.22. The Hall–Kier alpha value is -0.840. The van der Waals surface area contributed by atoms with Gasteiger partial charge in [-0.1, -0.05) is 20.3 Å². The predicted molar refractivity (Wildman–Crippen MR) is 66.9 cm³/mol. The van der Waals surface area contributed by atoms with Crippen LogP contribution in [0.1, 0.15) is 20.3 Å². The zero-order valence-corrected chi connectivity index (χ0v) is 11.0. The SMILES string of the molecule is CCC(C)CN(C)c1nc(N)ncc1Br. The van der Waals surface area contributed by atoms with Crippen LogP contribution in [-0.4, -0.2) is 23.6 Å². The lowest BCUT2D eigenvalue weighted by atomic mass is 10.1. The molecule has 2 N–H and O–H groups in total. The molecule has 0 saturated carbocycles. The van der Waals surface area contributed by atoms with E-state index in [1.54, 1.807) is 6.20 Å². The van der Waals surface area contributed by atoms with E-state index < -0.39 is 0 Å². The molecule has 0 aliphatic rings. The maximum Gasteiger partial charge on any atom is 0.222 e. The van der Waals surface area contributed by atoms with Crippen molar-refractivity contribution in [1.29, 1.82) is 0 Å². The fourth-order valence-electron chi connectivity index (χ4n) is 1.32. The van der Waals surface area contributed by atoms with E-state index >= 15 is 0 Å². The number of nitrogens with two attached hydrogens (primary N) is 1. The average Bonchev–Trinajstić information content (AvgIpc) is 2.21. The van der Waals surface area contributed by atoms with Gasteiger partial charge in [0.2, 0.25) is 5.95 Å². The Morgan fingerprint density at radius 1 is 1.60 bits per heavy atom. The number of anilines is 2. The van der Waals surface area contributed by atoms with Crippen LogP contribution in [0.2, 0.25) is 0 Å². The number of rotatable bonds is 4. The Labute approximate surface area is 99.0 Å². The van der Waals surface area contributed by atoms with Crippen molar-refractivity contribution >= 4 is 27.7 Å². The first-order valence-electron chi connectivity index (χ1n) is 5.03. The highest BCUT2D eigenvalue weighted by Gasteiger charge is 2.11. The van der Waals surface area contributed by atoms with E-state index in [0.29, 0.717) is 11.9 Å². The summed E-state index contributed by atoms with van der Waals surface area (Å²) in [7, 11) is 2.01. The van der Waals surface area contributed by atoms with Gasteiger partial charge in [-0.2, -0.15) is 4.98 Å². The molecule has 0 aromatic carbocycles. The zero-order valence-electron chi connectivity index (χ0n) is 9.37. The highest BCUT2D eigenvalue weighted by molar-refractivity contribution is 9.10. The Kier molecular flexibility index (Phi) is 4.32. The van der Waals surface area contributed by atoms with Gasteiger partial charge in [0.15, 0.2) is 0 Å². The summed E-state index contributed by atoms with van der Waals surface area (Å²) in [6, 6.07) is 0. The van der Waals surface area contributed by atoms with Crippen molar-refractivity contribution in [2.75, 3.05) is 24.2 Å². The molecule has 84 valence electrons. The van der Waals surface area contributed by atoms with E-state index in [0.717, 1.165) is 23.3 Å². The maximum atomic E-state index is 5.56. The largest absolute Gasteiger partial charge is 0.368 e. The van der Waals surface area contributed by atoms with E-state index in [1.807, 2.05) is 7.05 Å². The number of halogens is 1. The van der Waals surface area contributed by atoms with E-state index in [4.69, 9.17) is 5.73 Å². The minimum absolute atomic E-state index is 0.309. The molecule has 5 heteroatoms. The third kappa shape index (κ3) is 3.34. The second kappa shape index (κ2) is 5.30. The minimum atomic E-state index is 0.309. The molecule has 1 unspecified atom stereocenters. The van der Waals surface area contributed by atoms with Gasteiger partial charge in [0, 0.05) is 19.8 Å². The normalized spacial score (nSPS) is 12.5. The van der Waals surface area contributed by atoms with Crippen molar-refractivity contribution < 1.29 is 0 Å². The highest BCUT2D eigenvalue weighted by Crippen LogP contribution is 2.23. The number of aromatic nitrogens is 2. The van der Waals surface area contributed by atoms with Crippen LogP contribution in [0.15, 0.2) is 10.7 Å². The number of hydrogen-bond donors (Lipinski definition) is 1. The first kappa shape index (κ1) is 12.2. The van der Waals surface area contributed by atoms with Gasteiger partial charge in [0.1, 0.15) is 5.82 Å². The molecule has 1 aromatic rings. The molecule has 0 amide bonds. The molecule has 0 aliphatic carbocycles. The van der Waals surface area contributed by atoms with Crippen molar-refractivity contribution in [2.24, 2.45) is 5.92 Å². The molecule has 1 heterocycles. The molecule has 0 saturated heterocycles. The Morgan fingerprint density at radius 3 is 2.87 bits per heavy atom. The predicted octanol–water partition coefficient (Wildman–Crippen LogP) is 2.30. The lowest BCUT2D eigenvalue weighted by molar-refractivity contribution is 0.557. The topological polar surface area (TPSA) is 55.0 Å². The van der Waals surface area contributed by atoms with Gasteiger partial charge < -0.3 is 10.6 Å². The van der Waals surface area contributed by atoms with Crippen LogP contribution in [-0.2, 0) is 0 Å². The van der Waals surface area contributed by atoms with Crippen molar-refractivity contribution in [3.8, 4) is 0 Å². The molecule has 0 spiro atoms. The van der Waals surface area contributed by atoms with Gasteiger partial charge in [0.25, 0.3) is 0 Å². The standard InChI is InChI=1S/C10H17BrN4/c1-4-7(2)6-15(3)9-8(11)5-13-10(12)14-9/h5,7H,4,6H2,1-3H3,(H2,12,13,14). The fraction of sp³-hybridized carbons (Fsp3) is 0.600. The number of nitrogen functional groups attached to an aromatic ring is 1. The van der Waals surface area contributed by atoms with Crippen molar-refractivity contribution in [3.63, 3.8) is 0 Å². The smallest absolute Gasteiger partial charge is 0.222 e. The van der Waals surface area contributed by atoms with Gasteiger partial charge in [-0.05, 0) is 21.8 Å². The van der Waals surface area contributed by atoms with Crippen LogP contribution in [0.5, 0.6) is 0 Å². The van der Waals surface area contributed by atoms with E-state index in [2.05, 4.69) is 44.6 Å². The van der Waals surface area contributed by atoms with Crippen LogP contribution in [0.3, 0.4) is 0 Å². The first-order chi connectivity index (χ1) is 7.04. The zero-order chi connectivity index (χ0) is 11.4. The summed E-state index contributed by atoms with van der Waals surface area (Å²) in [5, 5.41) is 0. The Bertz CT molecular complexity index is 329. The molecule has 1 atom stereocenters. The van der Waals surface area contributed by atoms with Crippen LogP contribution in [0.25, 0.3) is 0 Å². The summed E-state index contributed by atoms with van der Waals surface area (Å²) in [5.41, 5.74) is 5.56. The van der Waals surface area contributed by atoms with Crippen LogP contribution in [0, 0.1) is 5.92 Å². The summed E-state index contributed by atoms with van der Waals surface area (Å²) >= 11 is 3.42. The summed E-state index contributed by atoms with van der Waals surface area (Å²) in [4.78, 5) is 10.2. The van der Waals surface area contributed by atoms with Crippen molar-refractivity contribution in [2.45, 2.75) is 20.3 Å². The molecule has 1 aromatic heterocycles. The quantitative estimate of drug-likeness (QED) is 0.914. The number of nitrogens with zero attached hydrogens (tertiary/aromatic N) is 3. The van der Waals surface area contributed by atoms with Crippen molar-refractivity contribution in [3.05, 3.63) is 10.7 Å². The summed E-state index contributed by atoms with van der Waals surface area (Å²) in [6.45, 7) is 5.36. The van der Waals surface area contributed by atoms with Gasteiger partial charge in [0.05, 0.1) is 4.47 Å². The van der Waals surface area contributed by atoms with E-state index in [9.17, 15) is 0 Å². The highest BCUT2D eigenvalue weighted by atomic mass is 79.9. The second-order valence-corrected chi connectivity index (χ2v) is 4.65. The molecular formula is C10H17BrN4. The molecular weight excluding hydrogens is 256 g/mol. The summed E-state index contributed by atoms with van der Waals surface area (Å²) < 4.78 is 0.877. The van der Waals surface area contributed by atoms with Gasteiger partial charge in [-0.15, -0.1) is 0 Å². The van der Waals surface area contributed by atoms with Gasteiger partial charge in [-0.25, -0.2) is 4.98 Å². The van der Waals surface area contributed by atoms with Crippen LogP contribution in [0.4, 0.5) is 11.8 Å². The molecule has 0 radical (unpaired) electrons. The molecule has 4 nitrogen and oxygen atoms in total. The van der Waals surface area contributed by atoms with Gasteiger partial charge in [-0.3, -0.25) is 0 Å². The lowest BCUT2D eigenvalue weighted by Crippen LogP contribution is -2.25. The Balaban J connectivity index is 2.80. The minimum Gasteiger partial charge on any atom is -0.368 e. The monoisotopic (exact) mass is 272 g/mol. The summed E-state index contributed by atoms with van der Waals surface area (Å²) in [5.74, 6) is 1.80. The number of hydrogen-bond acceptors (Lipinski definition) is 4. The summed E-state index contributed by atoms with van der Waals surface area (Å²) in [6.07, 6.45) is 2.84. The van der Waals surface area contributed by atoms with E-state index in [1.165, 1.54) is 0 Å². The molecule has 1 rings (SSSR count). The molecule has 0 bridgehead atoms. The second-order valence-electron chi connectivity index (χ2n) is 3.79. The first-order valence-corrected chi connectivity index (χ1v) is 5.83. The molecule has 0 fully saturated rings. The fourth-order valence-corrected chi connectivity index (χ4v) is 1.82. The average molecular weight is 273 g/mol.